The lowest BCUT2D eigenvalue weighted by molar-refractivity contribution is 0.165. The van der Waals surface area contributed by atoms with E-state index in [1.807, 2.05) is 11.8 Å². The maximum Gasteiger partial charge on any atom is 0.0323 e. The quantitative estimate of drug-likeness (QED) is 0.856. The molecule has 4 unspecified atom stereocenters. The summed E-state index contributed by atoms with van der Waals surface area (Å²) in [6.07, 6.45) is 3.41. The number of hydrogen-bond donors (Lipinski definition) is 1. The SMILES string of the molecule is CCC1C2CNCC2CN1C(C)c1ccc(SC)cc1. The van der Waals surface area contributed by atoms with E-state index < -0.39 is 0 Å². The Morgan fingerprint density at radius 1 is 1.30 bits per heavy atom. The smallest absolute Gasteiger partial charge is 0.0323 e. The number of benzene rings is 1. The van der Waals surface area contributed by atoms with E-state index in [2.05, 4.69) is 54.6 Å². The topological polar surface area (TPSA) is 15.3 Å². The predicted molar refractivity (Wildman–Crippen MR) is 87.3 cm³/mol. The first-order chi connectivity index (χ1) is 9.74. The lowest BCUT2D eigenvalue weighted by atomic mass is 9.92. The van der Waals surface area contributed by atoms with Gasteiger partial charge in [0.15, 0.2) is 0 Å². The number of thioether (sulfide) groups is 1. The number of hydrogen-bond acceptors (Lipinski definition) is 3. The molecular weight excluding hydrogens is 264 g/mol. The Bertz CT molecular complexity index is 445. The van der Waals surface area contributed by atoms with Gasteiger partial charge < -0.3 is 5.32 Å². The third kappa shape index (κ3) is 2.51. The molecule has 2 aliphatic heterocycles. The van der Waals surface area contributed by atoms with Gasteiger partial charge in [0, 0.05) is 23.5 Å². The highest BCUT2D eigenvalue weighted by atomic mass is 32.2. The fourth-order valence-electron chi connectivity index (χ4n) is 4.11. The van der Waals surface area contributed by atoms with Crippen LogP contribution in [0.1, 0.15) is 31.9 Å². The van der Waals surface area contributed by atoms with Crippen molar-refractivity contribution in [1.29, 1.82) is 0 Å². The van der Waals surface area contributed by atoms with E-state index in [-0.39, 0.29) is 0 Å². The summed E-state index contributed by atoms with van der Waals surface area (Å²) < 4.78 is 0. The second kappa shape index (κ2) is 6.08. The molecule has 1 N–H and O–H groups in total. The van der Waals surface area contributed by atoms with Crippen LogP contribution >= 0.6 is 11.8 Å². The van der Waals surface area contributed by atoms with Crippen molar-refractivity contribution in [3.8, 4) is 0 Å². The van der Waals surface area contributed by atoms with Crippen LogP contribution in [0.25, 0.3) is 0 Å². The molecule has 2 fully saturated rings. The third-order valence-electron chi connectivity index (χ3n) is 5.27. The monoisotopic (exact) mass is 290 g/mol. The molecular formula is C17H26N2S. The summed E-state index contributed by atoms with van der Waals surface area (Å²) in [5.74, 6) is 1.74. The van der Waals surface area contributed by atoms with Gasteiger partial charge in [-0.25, -0.2) is 0 Å². The zero-order valence-electron chi connectivity index (χ0n) is 12.8. The summed E-state index contributed by atoms with van der Waals surface area (Å²) in [5, 5.41) is 3.57. The maximum absolute atomic E-state index is 3.57. The molecule has 4 atom stereocenters. The Kier molecular flexibility index (Phi) is 4.39. The summed E-state index contributed by atoms with van der Waals surface area (Å²) in [7, 11) is 0. The summed E-state index contributed by atoms with van der Waals surface area (Å²) in [6.45, 7) is 8.43. The standard InChI is InChI=1S/C17H26N2S/c1-4-17-16-10-18-9-14(16)11-19(17)12(2)13-5-7-15(20-3)8-6-13/h5-8,12,14,16-18H,4,9-11H2,1-3H3. The highest BCUT2D eigenvalue weighted by Crippen LogP contribution is 2.39. The molecule has 0 amide bonds. The fraction of sp³-hybridized carbons (Fsp3) is 0.647. The van der Waals surface area contributed by atoms with Gasteiger partial charge in [-0.3, -0.25) is 4.90 Å². The van der Waals surface area contributed by atoms with Gasteiger partial charge in [0.25, 0.3) is 0 Å². The third-order valence-corrected chi connectivity index (χ3v) is 6.02. The Morgan fingerprint density at radius 2 is 2.05 bits per heavy atom. The summed E-state index contributed by atoms with van der Waals surface area (Å²) in [5.41, 5.74) is 1.47. The zero-order chi connectivity index (χ0) is 14.1. The molecule has 2 aliphatic rings. The molecule has 110 valence electrons. The molecule has 20 heavy (non-hydrogen) atoms. The Morgan fingerprint density at radius 3 is 2.70 bits per heavy atom. The van der Waals surface area contributed by atoms with Crippen LogP contribution in [-0.4, -0.2) is 36.8 Å². The largest absolute Gasteiger partial charge is 0.316 e. The van der Waals surface area contributed by atoms with E-state index in [4.69, 9.17) is 0 Å². The van der Waals surface area contributed by atoms with Gasteiger partial charge in [0.2, 0.25) is 0 Å². The van der Waals surface area contributed by atoms with Crippen LogP contribution in [-0.2, 0) is 0 Å². The number of nitrogens with zero attached hydrogens (tertiary/aromatic N) is 1. The number of nitrogens with one attached hydrogen (secondary N) is 1. The average Bonchev–Trinajstić information content (AvgIpc) is 3.06. The molecule has 1 aromatic rings. The van der Waals surface area contributed by atoms with Crippen molar-refractivity contribution in [2.45, 2.75) is 37.2 Å². The summed E-state index contributed by atoms with van der Waals surface area (Å²) in [4.78, 5) is 4.11. The van der Waals surface area contributed by atoms with Crippen LogP contribution in [0.2, 0.25) is 0 Å². The molecule has 2 nitrogen and oxygen atoms in total. The van der Waals surface area contributed by atoms with Gasteiger partial charge in [0.1, 0.15) is 0 Å². The van der Waals surface area contributed by atoms with Crippen molar-refractivity contribution < 1.29 is 0 Å². The van der Waals surface area contributed by atoms with Crippen LogP contribution in [0.4, 0.5) is 0 Å². The van der Waals surface area contributed by atoms with Crippen LogP contribution in [0.15, 0.2) is 29.2 Å². The number of rotatable bonds is 4. The van der Waals surface area contributed by atoms with Crippen molar-refractivity contribution >= 4 is 11.8 Å². The summed E-state index contributed by atoms with van der Waals surface area (Å²) in [6, 6.07) is 10.4. The van der Waals surface area contributed by atoms with E-state index >= 15 is 0 Å². The molecule has 3 rings (SSSR count). The highest BCUT2D eigenvalue weighted by Gasteiger charge is 2.44. The van der Waals surface area contributed by atoms with Crippen molar-refractivity contribution in [3.63, 3.8) is 0 Å². The minimum Gasteiger partial charge on any atom is -0.316 e. The first-order valence-electron chi connectivity index (χ1n) is 7.85. The lowest BCUT2D eigenvalue weighted by Crippen LogP contribution is -2.36. The van der Waals surface area contributed by atoms with Crippen LogP contribution in [0.3, 0.4) is 0 Å². The Balaban J connectivity index is 1.77. The van der Waals surface area contributed by atoms with Crippen molar-refractivity contribution in [2.24, 2.45) is 11.8 Å². The van der Waals surface area contributed by atoms with Crippen LogP contribution in [0.5, 0.6) is 0 Å². The molecule has 0 aliphatic carbocycles. The first-order valence-corrected chi connectivity index (χ1v) is 9.07. The maximum atomic E-state index is 3.57. The number of likely N-dealkylation sites (tertiary alicyclic amines) is 1. The summed E-state index contributed by atoms with van der Waals surface area (Å²) >= 11 is 1.82. The fourth-order valence-corrected chi connectivity index (χ4v) is 4.52. The van der Waals surface area contributed by atoms with E-state index in [9.17, 15) is 0 Å². The molecule has 1 aromatic carbocycles. The zero-order valence-corrected chi connectivity index (χ0v) is 13.6. The highest BCUT2D eigenvalue weighted by molar-refractivity contribution is 7.98. The molecule has 0 radical (unpaired) electrons. The normalized spacial score (nSPS) is 31.4. The van der Waals surface area contributed by atoms with Crippen molar-refractivity contribution in [3.05, 3.63) is 29.8 Å². The molecule has 0 bridgehead atoms. The van der Waals surface area contributed by atoms with Crippen molar-refractivity contribution in [2.75, 3.05) is 25.9 Å². The Labute approximate surface area is 127 Å². The van der Waals surface area contributed by atoms with Gasteiger partial charge in [0.05, 0.1) is 0 Å². The molecule has 0 spiro atoms. The van der Waals surface area contributed by atoms with Gasteiger partial charge in [-0.2, -0.15) is 0 Å². The first kappa shape index (κ1) is 14.4. The van der Waals surface area contributed by atoms with Crippen LogP contribution < -0.4 is 5.32 Å². The minimum absolute atomic E-state index is 0.543. The lowest BCUT2D eigenvalue weighted by Gasteiger charge is -2.32. The van der Waals surface area contributed by atoms with Crippen LogP contribution in [0, 0.1) is 11.8 Å². The van der Waals surface area contributed by atoms with Gasteiger partial charge >= 0.3 is 0 Å². The molecule has 3 heteroatoms. The number of fused-ring (bicyclic) bond motifs is 1. The second-order valence-electron chi connectivity index (χ2n) is 6.20. The van der Waals surface area contributed by atoms with Gasteiger partial charge in [-0.15, -0.1) is 11.8 Å². The van der Waals surface area contributed by atoms with E-state index in [1.54, 1.807) is 0 Å². The van der Waals surface area contributed by atoms with Crippen molar-refractivity contribution in [1.82, 2.24) is 10.2 Å². The predicted octanol–water partition coefficient (Wildman–Crippen LogP) is 3.40. The minimum atomic E-state index is 0.543. The molecule has 2 saturated heterocycles. The van der Waals surface area contributed by atoms with Gasteiger partial charge in [-0.05, 0) is 62.2 Å². The van der Waals surface area contributed by atoms with E-state index in [1.165, 1.54) is 36.5 Å². The molecule has 2 heterocycles. The van der Waals surface area contributed by atoms with E-state index in [0.29, 0.717) is 6.04 Å². The average molecular weight is 290 g/mol. The molecule has 0 aromatic heterocycles. The van der Waals surface area contributed by atoms with E-state index in [0.717, 1.165) is 17.9 Å². The Hall–Kier alpha value is -0.510. The van der Waals surface area contributed by atoms with Gasteiger partial charge in [-0.1, -0.05) is 19.1 Å². The molecule has 0 saturated carbocycles. The second-order valence-corrected chi connectivity index (χ2v) is 7.08.